The Kier molecular flexibility index (Phi) is 4.77. The maximum Gasteiger partial charge on any atom is 0.133 e. The van der Waals surface area contributed by atoms with Crippen LogP contribution < -0.4 is 10.2 Å². The molecule has 0 saturated heterocycles. The number of ether oxygens (including phenoxy) is 1. The number of hydrogen-bond acceptors (Lipinski definition) is 4. The molecule has 1 aliphatic carbocycles. The van der Waals surface area contributed by atoms with E-state index in [9.17, 15) is 0 Å². The maximum atomic E-state index is 5.25. The summed E-state index contributed by atoms with van der Waals surface area (Å²) in [7, 11) is 3.74. The van der Waals surface area contributed by atoms with Crippen molar-refractivity contribution in [3.8, 4) is 0 Å². The number of hydrogen-bond donors (Lipinski definition) is 1. The Labute approximate surface area is 116 Å². The molecule has 4 nitrogen and oxygen atoms in total. The van der Waals surface area contributed by atoms with Crippen LogP contribution >= 0.6 is 0 Å². The summed E-state index contributed by atoms with van der Waals surface area (Å²) in [6, 6.07) is 2.82. The molecule has 0 aliphatic heterocycles. The molecule has 0 aromatic carbocycles. The topological polar surface area (TPSA) is 37.4 Å². The standard InChI is InChI=1S/C15H25N3O/c1-11-9-12(2)17-15(14(11)10-16-3)18(7-8-19-4)13-5-6-13/h9,13,16H,5-8,10H2,1-4H3. The summed E-state index contributed by atoms with van der Waals surface area (Å²) in [5.74, 6) is 1.14. The minimum atomic E-state index is 0.652. The molecule has 4 heteroatoms. The van der Waals surface area contributed by atoms with E-state index < -0.39 is 0 Å². The molecule has 1 saturated carbocycles. The summed E-state index contributed by atoms with van der Waals surface area (Å²) >= 11 is 0. The molecular weight excluding hydrogens is 238 g/mol. The lowest BCUT2D eigenvalue weighted by atomic mass is 10.1. The Morgan fingerprint density at radius 2 is 2.16 bits per heavy atom. The zero-order chi connectivity index (χ0) is 13.8. The number of rotatable bonds is 7. The predicted octanol–water partition coefficient (Wildman–Crippen LogP) is 2.03. The number of aromatic nitrogens is 1. The molecule has 1 aromatic heterocycles. The van der Waals surface area contributed by atoms with Crippen molar-refractivity contribution in [2.75, 3.05) is 32.2 Å². The summed E-state index contributed by atoms with van der Waals surface area (Å²) in [5.41, 5.74) is 3.73. The largest absolute Gasteiger partial charge is 0.383 e. The minimum absolute atomic E-state index is 0.652. The first-order valence-electron chi connectivity index (χ1n) is 7.04. The van der Waals surface area contributed by atoms with Crippen molar-refractivity contribution < 1.29 is 4.74 Å². The Bertz CT molecular complexity index is 430. The predicted molar refractivity (Wildman–Crippen MR) is 78.7 cm³/mol. The van der Waals surface area contributed by atoms with Crippen molar-refractivity contribution in [1.29, 1.82) is 0 Å². The molecular formula is C15H25N3O. The smallest absolute Gasteiger partial charge is 0.133 e. The van der Waals surface area contributed by atoms with Crippen LogP contribution in [0.25, 0.3) is 0 Å². The van der Waals surface area contributed by atoms with Gasteiger partial charge in [-0.1, -0.05) is 0 Å². The van der Waals surface area contributed by atoms with Gasteiger partial charge in [-0.15, -0.1) is 0 Å². The van der Waals surface area contributed by atoms with E-state index >= 15 is 0 Å². The molecule has 1 heterocycles. The van der Waals surface area contributed by atoms with Gasteiger partial charge in [0.15, 0.2) is 0 Å². The quantitative estimate of drug-likeness (QED) is 0.817. The monoisotopic (exact) mass is 263 g/mol. The molecule has 106 valence electrons. The van der Waals surface area contributed by atoms with Crippen LogP contribution in [0.1, 0.15) is 29.7 Å². The third-order valence-corrected chi connectivity index (χ3v) is 3.60. The van der Waals surface area contributed by atoms with Crippen molar-refractivity contribution in [2.45, 2.75) is 39.3 Å². The first-order chi connectivity index (χ1) is 9.17. The third kappa shape index (κ3) is 3.45. The van der Waals surface area contributed by atoms with E-state index in [2.05, 4.69) is 30.1 Å². The molecule has 1 aromatic rings. The number of aryl methyl sites for hydroxylation is 2. The second-order valence-corrected chi connectivity index (χ2v) is 5.33. The van der Waals surface area contributed by atoms with Gasteiger partial charge in [-0.05, 0) is 45.4 Å². The Hall–Kier alpha value is -1.13. The first kappa shape index (κ1) is 14.3. The molecule has 19 heavy (non-hydrogen) atoms. The highest BCUT2D eigenvalue weighted by Gasteiger charge is 2.31. The molecule has 0 spiro atoms. The zero-order valence-corrected chi connectivity index (χ0v) is 12.5. The number of nitrogens with one attached hydrogen (secondary N) is 1. The molecule has 1 fully saturated rings. The van der Waals surface area contributed by atoms with Crippen LogP contribution in [0.4, 0.5) is 5.82 Å². The maximum absolute atomic E-state index is 5.25. The molecule has 0 radical (unpaired) electrons. The van der Waals surface area contributed by atoms with Crippen molar-refractivity contribution >= 4 is 5.82 Å². The number of nitrogens with zero attached hydrogens (tertiary/aromatic N) is 2. The summed E-state index contributed by atoms with van der Waals surface area (Å²) in [6.07, 6.45) is 2.55. The van der Waals surface area contributed by atoms with E-state index in [1.165, 1.54) is 24.0 Å². The average Bonchev–Trinajstić information content (AvgIpc) is 3.18. The van der Waals surface area contributed by atoms with Crippen molar-refractivity contribution in [2.24, 2.45) is 0 Å². The average molecular weight is 263 g/mol. The van der Waals surface area contributed by atoms with Crippen LogP contribution in [0, 0.1) is 13.8 Å². The molecule has 0 unspecified atom stereocenters. The number of methoxy groups -OCH3 is 1. The van der Waals surface area contributed by atoms with Crippen LogP contribution in [0.2, 0.25) is 0 Å². The molecule has 1 aliphatic rings. The van der Waals surface area contributed by atoms with E-state index in [0.717, 1.165) is 31.2 Å². The van der Waals surface area contributed by atoms with Gasteiger partial charge in [0.1, 0.15) is 5.82 Å². The summed E-state index contributed by atoms with van der Waals surface area (Å²) in [6.45, 7) is 6.79. The van der Waals surface area contributed by atoms with E-state index in [1.807, 2.05) is 7.05 Å². The lowest BCUT2D eigenvalue weighted by Crippen LogP contribution is -2.32. The highest BCUT2D eigenvalue weighted by Crippen LogP contribution is 2.33. The zero-order valence-electron chi connectivity index (χ0n) is 12.5. The van der Waals surface area contributed by atoms with Crippen LogP contribution in [0.5, 0.6) is 0 Å². The number of anilines is 1. The van der Waals surface area contributed by atoms with Crippen LogP contribution in [-0.2, 0) is 11.3 Å². The summed E-state index contributed by atoms with van der Waals surface area (Å²) in [5, 5.41) is 3.26. The highest BCUT2D eigenvalue weighted by molar-refractivity contribution is 5.53. The van der Waals surface area contributed by atoms with Crippen molar-refractivity contribution in [3.05, 3.63) is 22.9 Å². The first-order valence-corrected chi connectivity index (χ1v) is 7.04. The lowest BCUT2D eigenvalue weighted by molar-refractivity contribution is 0.204. The minimum Gasteiger partial charge on any atom is -0.383 e. The van der Waals surface area contributed by atoms with E-state index in [1.54, 1.807) is 7.11 Å². The van der Waals surface area contributed by atoms with Crippen molar-refractivity contribution in [3.63, 3.8) is 0 Å². The number of pyridine rings is 1. The SMILES string of the molecule is CNCc1c(C)cc(C)nc1N(CCOC)C1CC1. The van der Waals surface area contributed by atoms with Gasteiger partial charge in [0.25, 0.3) is 0 Å². The highest BCUT2D eigenvalue weighted by atomic mass is 16.5. The van der Waals surface area contributed by atoms with Gasteiger partial charge in [-0.2, -0.15) is 0 Å². The van der Waals surface area contributed by atoms with Crippen LogP contribution in [0.15, 0.2) is 6.07 Å². The van der Waals surface area contributed by atoms with E-state index in [-0.39, 0.29) is 0 Å². The molecule has 2 rings (SSSR count). The fourth-order valence-corrected chi connectivity index (χ4v) is 2.51. The van der Waals surface area contributed by atoms with Gasteiger partial charge < -0.3 is 15.0 Å². The van der Waals surface area contributed by atoms with Gasteiger partial charge in [0.2, 0.25) is 0 Å². The molecule has 1 N–H and O–H groups in total. The third-order valence-electron chi connectivity index (χ3n) is 3.60. The molecule has 0 amide bonds. The normalized spacial score (nSPS) is 14.7. The van der Waals surface area contributed by atoms with Gasteiger partial charge in [0.05, 0.1) is 6.61 Å². The van der Waals surface area contributed by atoms with E-state index in [0.29, 0.717) is 6.04 Å². The Balaban J connectivity index is 2.33. The van der Waals surface area contributed by atoms with Gasteiger partial charge >= 0.3 is 0 Å². The Morgan fingerprint density at radius 1 is 1.42 bits per heavy atom. The van der Waals surface area contributed by atoms with Crippen LogP contribution in [-0.4, -0.2) is 38.3 Å². The van der Waals surface area contributed by atoms with Crippen LogP contribution in [0.3, 0.4) is 0 Å². The van der Waals surface area contributed by atoms with Gasteiger partial charge in [-0.25, -0.2) is 4.98 Å². The lowest BCUT2D eigenvalue weighted by Gasteiger charge is -2.27. The molecule has 0 atom stereocenters. The molecule has 0 bridgehead atoms. The summed E-state index contributed by atoms with van der Waals surface area (Å²) in [4.78, 5) is 7.22. The Morgan fingerprint density at radius 3 is 2.74 bits per heavy atom. The van der Waals surface area contributed by atoms with Gasteiger partial charge in [0, 0.05) is 37.5 Å². The van der Waals surface area contributed by atoms with E-state index in [4.69, 9.17) is 9.72 Å². The fourth-order valence-electron chi connectivity index (χ4n) is 2.51. The van der Waals surface area contributed by atoms with Gasteiger partial charge in [-0.3, -0.25) is 0 Å². The second kappa shape index (κ2) is 6.35. The van der Waals surface area contributed by atoms with Crippen molar-refractivity contribution in [1.82, 2.24) is 10.3 Å². The summed E-state index contributed by atoms with van der Waals surface area (Å²) < 4.78 is 5.25. The second-order valence-electron chi connectivity index (χ2n) is 5.33. The fraction of sp³-hybridized carbons (Fsp3) is 0.667.